The van der Waals surface area contributed by atoms with Gasteiger partial charge in [-0.3, -0.25) is 9.36 Å². The first-order chi connectivity index (χ1) is 12.7. The van der Waals surface area contributed by atoms with Gasteiger partial charge in [0.1, 0.15) is 18.4 Å². The summed E-state index contributed by atoms with van der Waals surface area (Å²) in [6.45, 7) is 2.24. The van der Waals surface area contributed by atoms with Crippen LogP contribution in [0.5, 0.6) is 0 Å². The van der Waals surface area contributed by atoms with Crippen molar-refractivity contribution in [2.45, 2.75) is 13.3 Å². The first kappa shape index (κ1) is 16.2. The molecule has 128 valence electrons. The summed E-state index contributed by atoms with van der Waals surface area (Å²) in [5.74, 6) is 0. The largest absolute Gasteiger partial charge is 0.370 e. The highest BCUT2D eigenvalue weighted by molar-refractivity contribution is 7.10. The Labute approximate surface area is 153 Å². The summed E-state index contributed by atoms with van der Waals surface area (Å²) >= 11 is 1.26. The van der Waals surface area contributed by atoms with Crippen LogP contribution >= 0.6 is 11.5 Å². The van der Waals surface area contributed by atoms with E-state index < -0.39 is 0 Å². The van der Waals surface area contributed by atoms with Gasteiger partial charge in [0.15, 0.2) is 0 Å². The minimum Gasteiger partial charge on any atom is -0.370 e. The van der Waals surface area contributed by atoms with Gasteiger partial charge in [-0.2, -0.15) is 5.26 Å². The van der Waals surface area contributed by atoms with E-state index in [0.717, 1.165) is 22.5 Å². The number of hydrogen-bond acceptors (Lipinski definition) is 6. The van der Waals surface area contributed by atoms with E-state index in [4.69, 9.17) is 5.26 Å². The maximum Gasteiger partial charge on any atom is 0.267 e. The third kappa shape index (κ3) is 2.52. The predicted molar refractivity (Wildman–Crippen MR) is 103 cm³/mol. The molecule has 1 N–H and O–H groups in total. The monoisotopic (exact) mass is 361 g/mol. The topological polar surface area (TPSA) is 83.6 Å². The van der Waals surface area contributed by atoms with Crippen molar-refractivity contribution in [2.24, 2.45) is 0 Å². The van der Waals surface area contributed by atoms with Gasteiger partial charge < -0.3 is 5.32 Å². The van der Waals surface area contributed by atoms with Crippen molar-refractivity contribution in [1.29, 1.82) is 5.26 Å². The van der Waals surface area contributed by atoms with Gasteiger partial charge in [0.05, 0.1) is 27.7 Å². The summed E-state index contributed by atoms with van der Waals surface area (Å²) in [4.78, 5) is 18.5. The highest BCUT2D eigenvalue weighted by Gasteiger charge is 2.23. The molecule has 1 aromatic carbocycles. The second-order valence-corrected chi connectivity index (χ2v) is 6.61. The van der Waals surface area contributed by atoms with Gasteiger partial charge in [-0.15, -0.1) is 0 Å². The Hall–Kier alpha value is -3.24. The number of fused-ring (bicyclic) bond motifs is 3. The zero-order valence-corrected chi connectivity index (χ0v) is 14.9. The molecule has 1 aliphatic heterocycles. The minimum absolute atomic E-state index is 0.140. The molecule has 0 amide bonds. The second-order valence-electron chi connectivity index (χ2n) is 5.81. The lowest BCUT2D eigenvalue weighted by molar-refractivity contribution is 0.962. The van der Waals surface area contributed by atoms with Crippen LogP contribution < -0.4 is 10.9 Å². The van der Waals surface area contributed by atoms with Crippen LogP contribution in [0.2, 0.25) is 0 Å². The number of nitrogens with one attached hydrogen (secondary N) is 1. The van der Waals surface area contributed by atoms with Crippen molar-refractivity contribution in [3.8, 4) is 22.2 Å². The summed E-state index contributed by atoms with van der Waals surface area (Å²) in [7, 11) is 0. The van der Waals surface area contributed by atoms with Crippen molar-refractivity contribution in [1.82, 2.24) is 13.9 Å². The normalized spacial score (nSPS) is 10.9. The summed E-state index contributed by atoms with van der Waals surface area (Å²) in [5, 5.41) is 12.5. The van der Waals surface area contributed by atoms with Crippen LogP contribution in [0.15, 0.2) is 47.7 Å². The van der Waals surface area contributed by atoms with Gasteiger partial charge >= 0.3 is 0 Å². The van der Waals surface area contributed by atoms with E-state index in [-0.39, 0.29) is 12.1 Å². The van der Waals surface area contributed by atoms with Gasteiger partial charge in [-0.1, -0.05) is 19.1 Å². The van der Waals surface area contributed by atoms with E-state index >= 15 is 0 Å². The third-order valence-corrected chi connectivity index (χ3v) is 5.20. The van der Waals surface area contributed by atoms with Crippen LogP contribution in [0.25, 0.3) is 27.0 Å². The van der Waals surface area contributed by atoms with Crippen LogP contribution in [0.4, 0.5) is 5.69 Å². The van der Waals surface area contributed by atoms with Gasteiger partial charge in [0.25, 0.3) is 5.56 Å². The molecule has 26 heavy (non-hydrogen) atoms. The summed E-state index contributed by atoms with van der Waals surface area (Å²) < 4.78 is 5.75. The first-order valence-corrected chi connectivity index (χ1v) is 8.99. The number of nitrogens with zero attached hydrogens (tertiary/aromatic N) is 4. The lowest BCUT2D eigenvalue weighted by Crippen LogP contribution is -2.18. The molecular formula is C19H15N5OS. The Bertz CT molecular complexity index is 1150. The van der Waals surface area contributed by atoms with Crippen molar-refractivity contribution in [3.63, 3.8) is 0 Å². The highest BCUT2D eigenvalue weighted by atomic mass is 32.1. The molecule has 0 bridgehead atoms. The fourth-order valence-corrected chi connectivity index (χ4v) is 3.82. The molecule has 1 aliphatic carbocycles. The van der Waals surface area contributed by atoms with Crippen LogP contribution in [0.1, 0.15) is 12.5 Å². The number of benzene rings is 1. The maximum absolute atomic E-state index is 13.2. The molecule has 2 aliphatic rings. The number of aryl methyl sites for hydroxylation is 1. The summed E-state index contributed by atoms with van der Waals surface area (Å²) in [6.07, 6.45) is 4.17. The maximum atomic E-state index is 13.2. The quantitative estimate of drug-likeness (QED) is 0.563. The van der Waals surface area contributed by atoms with Gasteiger partial charge in [-0.05, 0) is 41.7 Å². The molecule has 0 fully saturated rings. The van der Waals surface area contributed by atoms with Gasteiger partial charge in [0, 0.05) is 11.8 Å². The average Bonchev–Trinajstić information content (AvgIpc) is 3.01. The summed E-state index contributed by atoms with van der Waals surface area (Å²) in [6, 6.07) is 11.8. The molecule has 0 unspecified atom stereocenters. The van der Waals surface area contributed by atoms with E-state index in [1.807, 2.05) is 30.3 Å². The standard InChI is InChI=1S/C19H15N5OS/c1-2-12-3-5-13(6-4-12)24-11-22-17-15(19(24)25)18-14(7-9-23-26-18)16(17)21-10-8-20/h3-7,9,11,21H,2,10H2,1H3. The number of anilines is 1. The van der Waals surface area contributed by atoms with Crippen molar-refractivity contribution >= 4 is 28.1 Å². The average molecular weight is 361 g/mol. The Morgan fingerprint density at radius 3 is 2.81 bits per heavy atom. The molecule has 0 atom stereocenters. The van der Waals surface area contributed by atoms with Crippen LogP contribution in [-0.4, -0.2) is 20.5 Å². The molecule has 0 saturated carbocycles. The Kier molecular flexibility index (Phi) is 4.11. The van der Waals surface area contributed by atoms with E-state index in [9.17, 15) is 4.79 Å². The molecule has 2 aromatic rings. The molecular weight excluding hydrogens is 346 g/mol. The Balaban J connectivity index is 1.97. The zero-order valence-electron chi connectivity index (χ0n) is 14.1. The second kappa shape index (κ2) is 6.58. The summed E-state index contributed by atoms with van der Waals surface area (Å²) in [5.41, 5.74) is 3.99. The predicted octanol–water partition coefficient (Wildman–Crippen LogP) is 3.44. The number of aromatic nitrogens is 3. The highest BCUT2D eigenvalue weighted by Crippen LogP contribution is 2.41. The van der Waals surface area contributed by atoms with E-state index in [1.54, 1.807) is 17.1 Å². The lowest BCUT2D eigenvalue weighted by Gasteiger charge is -2.07. The van der Waals surface area contributed by atoms with Gasteiger partial charge in [0.2, 0.25) is 0 Å². The number of rotatable bonds is 4. The molecule has 0 radical (unpaired) electrons. The van der Waals surface area contributed by atoms with Crippen LogP contribution in [-0.2, 0) is 6.42 Å². The molecule has 6 nitrogen and oxygen atoms in total. The van der Waals surface area contributed by atoms with E-state index in [2.05, 4.69) is 27.7 Å². The Morgan fingerprint density at radius 1 is 1.27 bits per heavy atom. The number of hydrogen-bond donors (Lipinski definition) is 1. The van der Waals surface area contributed by atoms with Crippen LogP contribution in [0, 0.1) is 11.3 Å². The zero-order chi connectivity index (χ0) is 18.1. The smallest absolute Gasteiger partial charge is 0.267 e. The van der Waals surface area contributed by atoms with E-state index in [1.165, 1.54) is 17.1 Å². The fraction of sp³-hybridized carbons (Fsp3) is 0.158. The fourth-order valence-electron chi connectivity index (χ4n) is 3.05. The molecule has 0 spiro atoms. The SMILES string of the molecule is CCc1ccc(-n2cnc3c(NCC#N)c4ccnsc-4c3c2=O)cc1. The third-order valence-electron chi connectivity index (χ3n) is 4.36. The lowest BCUT2D eigenvalue weighted by atomic mass is 10.1. The van der Waals surface area contributed by atoms with Crippen LogP contribution in [0.3, 0.4) is 0 Å². The Morgan fingerprint density at radius 2 is 2.08 bits per heavy atom. The minimum atomic E-state index is -0.140. The van der Waals surface area contributed by atoms with Gasteiger partial charge in [-0.25, -0.2) is 9.36 Å². The molecule has 7 heteroatoms. The van der Waals surface area contributed by atoms with E-state index in [0.29, 0.717) is 16.6 Å². The molecule has 1 aromatic heterocycles. The molecule has 0 saturated heterocycles. The van der Waals surface area contributed by atoms with Crippen molar-refractivity contribution < 1.29 is 0 Å². The van der Waals surface area contributed by atoms with Crippen molar-refractivity contribution in [3.05, 3.63) is 58.8 Å². The number of nitriles is 1. The molecule has 4 rings (SSSR count). The van der Waals surface area contributed by atoms with Crippen molar-refractivity contribution in [2.75, 3.05) is 11.9 Å². The molecule has 2 heterocycles. The first-order valence-electron chi connectivity index (χ1n) is 8.22.